The third-order valence-corrected chi connectivity index (χ3v) is 4.34. The summed E-state index contributed by atoms with van der Waals surface area (Å²) in [4.78, 5) is 0. The van der Waals surface area contributed by atoms with Crippen LogP contribution in [0.1, 0.15) is 18.1 Å². The van der Waals surface area contributed by atoms with Crippen LogP contribution >= 0.6 is 27.5 Å². The zero-order valence-electron chi connectivity index (χ0n) is 8.66. The molecule has 4 heteroatoms. The second-order valence-corrected chi connectivity index (χ2v) is 5.50. The topological polar surface area (TPSA) is 25.1 Å². The molecular weight excluding hydrogens is 291 g/mol. The molecule has 16 heavy (non-hydrogen) atoms. The van der Waals surface area contributed by atoms with Crippen LogP contribution in [0.3, 0.4) is 0 Å². The van der Waals surface area contributed by atoms with Gasteiger partial charge in [-0.1, -0.05) is 34.1 Å². The first-order chi connectivity index (χ1) is 7.75. The predicted molar refractivity (Wildman–Crippen MR) is 65.8 cm³/mol. The van der Waals surface area contributed by atoms with Crippen LogP contribution in [-0.4, -0.2) is 24.2 Å². The molecule has 3 rings (SSSR count). The van der Waals surface area contributed by atoms with Gasteiger partial charge in [-0.2, -0.15) is 0 Å². The van der Waals surface area contributed by atoms with Crippen molar-refractivity contribution in [1.29, 1.82) is 0 Å². The molecule has 2 saturated heterocycles. The Morgan fingerprint density at radius 2 is 2.19 bits per heavy atom. The zero-order chi connectivity index (χ0) is 11.2. The minimum atomic E-state index is -0.202. The summed E-state index contributed by atoms with van der Waals surface area (Å²) in [5.74, 6) is 0.527. The maximum Gasteiger partial charge on any atom is 0.115 e. The average molecular weight is 304 g/mol. The van der Waals surface area contributed by atoms with Crippen molar-refractivity contribution in [2.45, 2.75) is 24.2 Å². The highest BCUT2D eigenvalue weighted by Crippen LogP contribution is 2.55. The van der Waals surface area contributed by atoms with Crippen LogP contribution < -0.4 is 0 Å². The summed E-state index contributed by atoms with van der Waals surface area (Å²) < 4.78 is 12.2. The van der Waals surface area contributed by atoms with Gasteiger partial charge in [0.05, 0.1) is 18.6 Å². The molecular formula is C12H12BrClO2. The van der Waals surface area contributed by atoms with Gasteiger partial charge in [-0.25, -0.2) is 0 Å². The predicted octanol–water partition coefficient (Wildman–Crippen LogP) is 3.29. The first kappa shape index (κ1) is 11.0. The average Bonchev–Trinajstić information content (AvgIpc) is 3.18. The molecule has 0 saturated carbocycles. The van der Waals surface area contributed by atoms with Crippen molar-refractivity contribution in [1.82, 2.24) is 0 Å². The highest BCUT2D eigenvalue weighted by Gasteiger charge is 2.59. The lowest BCUT2D eigenvalue weighted by atomic mass is 9.96. The molecule has 3 atom stereocenters. The third-order valence-electron chi connectivity index (χ3n) is 3.16. The van der Waals surface area contributed by atoms with Crippen LogP contribution in [0.4, 0.5) is 0 Å². The van der Waals surface area contributed by atoms with Gasteiger partial charge < -0.3 is 9.47 Å². The van der Waals surface area contributed by atoms with Crippen molar-refractivity contribution in [2.75, 3.05) is 12.5 Å². The number of hydrogen-bond acceptors (Lipinski definition) is 2. The maximum atomic E-state index is 6.03. The summed E-state index contributed by atoms with van der Waals surface area (Å²) in [6, 6.07) is 8.14. The second-order valence-electron chi connectivity index (χ2n) is 4.38. The number of halogens is 2. The second kappa shape index (κ2) is 3.98. The zero-order valence-corrected chi connectivity index (χ0v) is 11.0. The molecule has 0 N–H and O–H groups in total. The number of hydrogen-bond donors (Lipinski definition) is 0. The molecule has 0 bridgehead atoms. The van der Waals surface area contributed by atoms with Crippen molar-refractivity contribution in [2.24, 2.45) is 0 Å². The molecule has 2 heterocycles. The largest absolute Gasteiger partial charge is 0.373 e. The van der Waals surface area contributed by atoms with E-state index in [0.29, 0.717) is 12.0 Å². The van der Waals surface area contributed by atoms with Gasteiger partial charge in [0.25, 0.3) is 0 Å². The molecule has 86 valence electrons. The fourth-order valence-electron chi connectivity index (χ4n) is 2.12. The van der Waals surface area contributed by atoms with Crippen molar-refractivity contribution in [3.63, 3.8) is 0 Å². The van der Waals surface area contributed by atoms with E-state index >= 15 is 0 Å². The SMILES string of the molecule is ClCC1(CC2CO2)OC1c1ccccc1Br. The van der Waals surface area contributed by atoms with E-state index in [1.807, 2.05) is 18.2 Å². The van der Waals surface area contributed by atoms with Crippen LogP contribution in [0.5, 0.6) is 0 Å². The Balaban J connectivity index is 1.80. The number of alkyl halides is 1. The fraction of sp³-hybridized carbons (Fsp3) is 0.500. The van der Waals surface area contributed by atoms with E-state index in [0.717, 1.165) is 17.5 Å². The Bertz CT molecular complexity index is 408. The third kappa shape index (κ3) is 1.90. The van der Waals surface area contributed by atoms with Gasteiger partial charge in [0.2, 0.25) is 0 Å². The Hall–Kier alpha value is -0.0900. The molecule has 2 nitrogen and oxygen atoms in total. The number of benzene rings is 1. The molecule has 2 fully saturated rings. The number of epoxide rings is 2. The molecule has 1 aromatic carbocycles. The molecule has 0 spiro atoms. The molecule has 1 aromatic rings. The Kier molecular flexibility index (Phi) is 2.75. The van der Waals surface area contributed by atoms with Gasteiger partial charge in [-0.3, -0.25) is 0 Å². The van der Waals surface area contributed by atoms with Gasteiger partial charge in [0.1, 0.15) is 11.7 Å². The fourth-order valence-corrected chi connectivity index (χ4v) is 2.92. The first-order valence-corrected chi connectivity index (χ1v) is 6.68. The smallest absolute Gasteiger partial charge is 0.115 e. The molecule has 0 radical (unpaired) electrons. The minimum Gasteiger partial charge on any atom is -0.373 e. The van der Waals surface area contributed by atoms with Crippen LogP contribution in [0.2, 0.25) is 0 Å². The van der Waals surface area contributed by atoms with Crippen molar-refractivity contribution in [3.05, 3.63) is 34.3 Å². The minimum absolute atomic E-state index is 0.116. The molecule has 3 unspecified atom stereocenters. The van der Waals surface area contributed by atoms with Crippen LogP contribution in [0.15, 0.2) is 28.7 Å². The molecule has 2 aliphatic rings. The summed E-state index contributed by atoms with van der Waals surface area (Å²) in [6.45, 7) is 0.852. The van der Waals surface area contributed by atoms with E-state index in [1.54, 1.807) is 0 Å². The summed E-state index contributed by atoms with van der Waals surface area (Å²) in [5.41, 5.74) is 0.982. The van der Waals surface area contributed by atoms with Crippen molar-refractivity contribution < 1.29 is 9.47 Å². The lowest BCUT2D eigenvalue weighted by molar-refractivity contribution is 0.273. The highest BCUT2D eigenvalue weighted by molar-refractivity contribution is 9.10. The van der Waals surface area contributed by atoms with Gasteiger partial charge in [-0.05, 0) is 11.6 Å². The van der Waals surface area contributed by atoms with Gasteiger partial charge in [-0.15, -0.1) is 11.6 Å². The summed E-state index contributed by atoms with van der Waals surface area (Å²) in [7, 11) is 0. The maximum absolute atomic E-state index is 6.03. The summed E-state index contributed by atoms with van der Waals surface area (Å²) in [5, 5.41) is 0. The van der Waals surface area contributed by atoms with Gasteiger partial charge in [0.15, 0.2) is 0 Å². The monoisotopic (exact) mass is 302 g/mol. The quantitative estimate of drug-likeness (QED) is 0.630. The van der Waals surface area contributed by atoms with E-state index in [-0.39, 0.29) is 11.7 Å². The first-order valence-electron chi connectivity index (χ1n) is 5.35. The Morgan fingerprint density at radius 1 is 1.44 bits per heavy atom. The van der Waals surface area contributed by atoms with E-state index in [2.05, 4.69) is 22.0 Å². The van der Waals surface area contributed by atoms with Crippen molar-refractivity contribution >= 4 is 27.5 Å². The highest BCUT2D eigenvalue weighted by atomic mass is 79.9. The lowest BCUT2D eigenvalue weighted by Gasteiger charge is -2.07. The van der Waals surface area contributed by atoms with Gasteiger partial charge in [0, 0.05) is 10.9 Å². The van der Waals surface area contributed by atoms with E-state index in [4.69, 9.17) is 21.1 Å². The van der Waals surface area contributed by atoms with E-state index in [1.165, 1.54) is 5.56 Å². The van der Waals surface area contributed by atoms with Crippen LogP contribution in [0, 0.1) is 0 Å². The van der Waals surface area contributed by atoms with E-state index < -0.39 is 0 Å². The molecule has 0 aliphatic carbocycles. The van der Waals surface area contributed by atoms with Crippen molar-refractivity contribution in [3.8, 4) is 0 Å². The van der Waals surface area contributed by atoms with Crippen LogP contribution in [-0.2, 0) is 9.47 Å². The molecule has 2 aliphatic heterocycles. The molecule has 0 amide bonds. The Morgan fingerprint density at radius 3 is 2.81 bits per heavy atom. The summed E-state index contributed by atoms with van der Waals surface area (Å²) >= 11 is 9.57. The lowest BCUT2D eigenvalue weighted by Crippen LogP contribution is -2.17. The molecule has 0 aromatic heterocycles. The van der Waals surface area contributed by atoms with Gasteiger partial charge >= 0.3 is 0 Å². The number of rotatable bonds is 4. The Labute approximate surface area is 108 Å². The standard InChI is InChI=1S/C12H12BrClO2/c13-10-4-2-1-3-9(10)11-12(7-14,16-11)5-8-6-15-8/h1-4,8,11H,5-7H2. The van der Waals surface area contributed by atoms with Crippen LogP contribution in [0.25, 0.3) is 0 Å². The number of ether oxygens (including phenoxy) is 2. The van der Waals surface area contributed by atoms with E-state index in [9.17, 15) is 0 Å². The summed E-state index contributed by atoms with van der Waals surface area (Å²) in [6.07, 6.45) is 1.37. The normalized spacial score (nSPS) is 36.1.